The van der Waals surface area contributed by atoms with Crippen molar-refractivity contribution in [2.24, 2.45) is 17.1 Å². The highest BCUT2D eigenvalue weighted by atomic mass is 14.9. The van der Waals surface area contributed by atoms with Gasteiger partial charge in [0, 0.05) is 5.54 Å². The van der Waals surface area contributed by atoms with E-state index in [1.807, 2.05) is 0 Å². The van der Waals surface area contributed by atoms with Gasteiger partial charge < -0.3 is 5.73 Å². The van der Waals surface area contributed by atoms with Crippen LogP contribution in [-0.2, 0) is 0 Å². The molecule has 0 atom stereocenters. The van der Waals surface area contributed by atoms with E-state index >= 15 is 0 Å². The van der Waals surface area contributed by atoms with Crippen LogP contribution in [0.3, 0.4) is 0 Å². The minimum Gasteiger partial charge on any atom is -0.325 e. The fraction of sp³-hybridized carbons (Fsp3) is 1.00. The molecule has 68 valence electrons. The molecule has 0 aliphatic heterocycles. The van der Waals surface area contributed by atoms with E-state index < -0.39 is 0 Å². The molecule has 3 rings (SSSR count). The van der Waals surface area contributed by atoms with Crippen molar-refractivity contribution < 1.29 is 0 Å². The van der Waals surface area contributed by atoms with E-state index in [2.05, 4.69) is 0 Å². The van der Waals surface area contributed by atoms with Crippen LogP contribution in [0.15, 0.2) is 0 Å². The number of hydrogen-bond donors (Lipinski definition) is 1. The van der Waals surface area contributed by atoms with Crippen molar-refractivity contribution in [3.8, 4) is 0 Å². The Balaban J connectivity index is 1.96. The first-order valence-corrected chi connectivity index (χ1v) is 5.56. The van der Waals surface area contributed by atoms with Crippen molar-refractivity contribution in [3.63, 3.8) is 0 Å². The summed E-state index contributed by atoms with van der Waals surface area (Å²) < 4.78 is 0. The minimum absolute atomic E-state index is 0.310. The van der Waals surface area contributed by atoms with Gasteiger partial charge in [0.05, 0.1) is 0 Å². The summed E-state index contributed by atoms with van der Waals surface area (Å²) in [5.74, 6) is 1.02. The molecule has 0 aromatic heterocycles. The summed E-state index contributed by atoms with van der Waals surface area (Å²) in [6.45, 7) is 0. The molecule has 12 heavy (non-hydrogen) atoms. The lowest BCUT2D eigenvalue weighted by Crippen LogP contribution is -2.44. The van der Waals surface area contributed by atoms with Crippen LogP contribution in [-0.4, -0.2) is 5.54 Å². The second-order valence-electron chi connectivity index (χ2n) is 5.29. The third-order valence-corrected chi connectivity index (χ3v) is 4.91. The fourth-order valence-corrected chi connectivity index (χ4v) is 4.09. The van der Waals surface area contributed by atoms with Crippen LogP contribution in [0.4, 0.5) is 0 Å². The van der Waals surface area contributed by atoms with Gasteiger partial charge in [-0.2, -0.15) is 0 Å². The Bertz CT molecular complexity index is 195. The maximum atomic E-state index is 6.43. The van der Waals surface area contributed by atoms with E-state index in [-0.39, 0.29) is 0 Å². The molecule has 2 N–H and O–H groups in total. The molecule has 0 aromatic rings. The predicted octanol–water partition coefficient (Wildman–Crippen LogP) is 2.45. The molecule has 3 aliphatic carbocycles. The second kappa shape index (κ2) is 2.06. The lowest BCUT2D eigenvalue weighted by Gasteiger charge is -2.36. The molecule has 0 heterocycles. The van der Waals surface area contributed by atoms with Crippen molar-refractivity contribution in [2.45, 2.75) is 56.9 Å². The third-order valence-electron chi connectivity index (χ3n) is 4.91. The average molecular weight is 165 g/mol. The van der Waals surface area contributed by atoms with E-state index in [1.165, 1.54) is 51.4 Å². The van der Waals surface area contributed by atoms with E-state index in [1.54, 1.807) is 0 Å². The lowest BCUT2D eigenvalue weighted by atomic mass is 9.72. The van der Waals surface area contributed by atoms with Gasteiger partial charge in [-0.3, -0.25) is 0 Å². The molecule has 0 radical (unpaired) electrons. The first-order chi connectivity index (χ1) is 5.77. The zero-order valence-electron chi connectivity index (χ0n) is 7.81. The summed E-state index contributed by atoms with van der Waals surface area (Å²) in [5, 5.41) is 0. The van der Waals surface area contributed by atoms with Gasteiger partial charge in [-0.05, 0) is 49.9 Å². The van der Waals surface area contributed by atoms with Gasteiger partial charge in [0.25, 0.3) is 0 Å². The summed E-state index contributed by atoms with van der Waals surface area (Å²) in [7, 11) is 0. The molecule has 0 bridgehead atoms. The SMILES string of the molecule is NC1(C23CCCC2CCC3)CC1. The Morgan fingerprint density at radius 1 is 0.917 bits per heavy atom. The summed E-state index contributed by atoms with van der Waals surface area (Å²) in [5.41, 5.74) is 7.37. The van der Waals surface area contributed by atoms with Gasteiger partial charge >= 0.3 is 0 Å². The summed E-state index contributed by atoms with van der Waals surface area (Å²) >= 11 is 0. The standard InChI is InChI=1S/C11H19N/c12-11(7-8-11)10-5-1-3-9(10)4-2-6-10/h9H,1-8,12H2. The highest BCUT2D eigenvalue weighted by molar-refractivity contribution is 5.17. The molecule has 0 unspecified atom stereocenters. The number of hydrogen-bond acceptors (Lipinski definition) is 1. The fourth-order valence-electron chi connectivity index (χ4n) is 4.09. The second-order valence-corrected chi connectivity index (χ2v) is 5.29. The van der Waals surface area contributed by atoms with Crippen LogP contribution < -0.4 is 5.73 Å². The minimum atomic E-state index is 0.310. The predicted molar refractivity (Wildman–Crippen MR) is 49.8 cm³/mol. The molecule has 0 aromatic carbocycles. The summed E-state index contributed by atoms with van der Waals surface area (Å²) in [6, 6.07) is 0. The third kappa shape index (κ3) is 0.693. The maximum Gasteiger partial charge on any atom is 0.0215 e. The number of rotatable bonds is 1. The Hall–Kier alpha value is -0.0400. The highest BCUT2D eigenvalue weighted by Crippen LogP contribution is 2.65. The van der Waals surface area contributed by atoms with Crippen LogP contribution in [0.25, 0.3) is 0 Å². The van der Waals surface area contributed by atoms with Crippen molar-refractivity contribution in [3.05, 3.63) is 0 Å². The molecule has 0 saturated heterocycles. The van der Waals surface area contributed by atoms with E-state index in [0.29, 0.717) is 11.0 Å². The Kier molecular flexibility index (Phi) is 1.27. The van der Waals surface area contributed by atoms with Crippen molar-refractivity contribution >= 4 is 0 Å². The normalized spacial score (nSPS) is 49.2. The van der Waals surface area contributed by atoms with Gasteiger partial charge in [-0.15, -0.1) is 0 Å². The average Bonchev–Trinajstić information content (AvgIpc) is 2.54. The summed E-state index contributed by atoms with van der Waals surface area (Å²) in [6.07, 6.45) is 11.4. The molecule has 0 amide bonds. The van der Waals surface area contributed by atoms with Crippen LogP contribution in [0, 0.1) is 11.3 Å². The van der Waals surface area contributed by atoms with E-state index in [0.717, 1.165) is 5.92 Å². The Morgan fingerprint density at radius 2 is 1.50 bits per heavy atom. The maximum absolute atomic E-state index is 6.43. The quantitative estimate of drug-likeness (QED) is 0.634. The molecule has 0 spiro atoms. The number of fused-ring (bicyclic) bond motifs is 1. The molecule has 3 fully saturated rings. The summed E-state index contributed by atoms with van der Waals surface area (Å²) in [4.78, 5) is 0. The van der Waals surface area contributed by atoms with Gasteiger partial charge in [-0.1, -0.05) is 12.8 Å². The molecule has 3 aliphatic rings. The molecule has 3 saturated carbocycles. The topological polar surface area (TPSA) is 26.0 Å². The van der Waals surface area contributed by atoms with Gasteiger partial charge in [0.2, 0.25) is 0 Å². The van der Waals surface area contributed by atoms with Gasteiger partial charge in [0.15, 0.2) is 0 Å². The Labute approximate surface area is 74.7 Å². The van der Waals surface area contributed by atoms with Crippen LogP contribution in [0.5, 0.6) is 0 Å². The first-order valence-electron chi connectivity index (χ1n) is 5.56. The van der Waals surface area contributed by atoms with Crippen molar-refractivity contribution in [1.82, 2.24) is 0 Å². The van der Waals surface area contributed by atoms with Gasteiger partial charge in [-0.25, -0.2) is 0 Å². The number of nitrogens with two attached hydrogens (primary N) is 1. The van der Waals surface area contributed by atoms with Crippen LogP contribution >= 0.6 is 0 Å². The Morgan fingerprint density at radius 3 is 2.00 bits per heavy atom. The van der Waals surface area contributed by atoms with Crippen molar-refractivity contribution in [1.29, 1.82) is 0 Å². The van der Waals surface area contributed by atoms with Crippen LogP contribution in [0.1, 0.15) is 51.4 Å². The zero-order valence-corrected chi connectivity index (χ0v) is 7.81. The van der Waals surface area contributed by atoms with E-state index in [4.69, 9.17) is 5.73 Å². The monoisotopic (exact) mass is 165 g/mol. The van der Waals surface area contributed by atoms with Crippen molar-refractivity contribution in [2.75, 3.05) is 0 Å². The first kappa shape index (κ1) is 7.37. The lowest BCUT2D eigenvalue weighted by molar-refractivity contribution is 0.169. The smallest absolute Gasteiger partial charge is 0.0215 e. The molecular weight excluding hydrogens is 146 g/mol. The molecule has 1 heteroatoms. The highest BCUT2D eigenvalue weighted by Gasteiger charge is 2.62. The zero-order chi connectivity index (χ0) is 8.23. The van der Waals surface area contributed by atoms with E-state index in [9.17, 15) is 0 Å². The van der Waals surface area contributed by atoms with Crippen LogP contribution in [0.2, 0.25) is 0 Å². The van der Waals surface area contributed by atoms with Gasteiger partial charge in [0.1, 0.15) is 0 Å². The molecule has 1 nitrogen and oxygen atoms in total. The largest absolute Gasteiger partial charge is 0.325 e. The molecular formula is C11H19N.